The van der Waals surface area contributed by atoms with E-state index in [1.54, 1.807) is 13.8 Å². The van der Waals surface area contributed by atoms with Crippen molar-refractivity contribution in [3.8, 4) is 0 Å². The molecule has 4 atom stereocenters. The molecule has 14 heteroatoms. The Morgan fingerprint density at radius 2 is 1.83 bits per heavy atom. The summed E-state index contributed by atoms with van der Waals surface area (Å²) in [6, 6.07) is -2.69. The van der Waals surface area contributed by atoms with E-state index < -0.39 is 51.5 Å². The van der Waals surface area contributed by atoms with Crippen LogP contribution in [-0.2, 0) is 24.4 Å². The van der Waals surface area contributed by atoms with Crippen molar-refractivity contribution in [2.45, 2.75) is 82.2 Å². The van der Waals surface area contributed by atoms with E-state index in [0.717, 1.165) is 0 Å². The Balaban J connectivity index is 2.01. The highest BCUT2D eigenvalue weighted by Crippen LogP contribution is 2.36. The van der Waals surface area contributed by atoms with Gasteiger partial charge >= 0.3 is 6.09 Å². The number of alkyl carbamates (subject to hydrolysis) is 1. The van der Waals surface area contributed by atoms with E-state index in [-0.39, 0.29) is 62.9 Å². The first-order valence-electron chi connectivity index (χ1n) is 11.7. The number of aliphatic hydroxyl groups is 1. The molecule has 1 aliphatic heterocycles. The average molecular weight is 528 g/mol. The molecule has 1 saturated heterocycles. The molecule has 202 valence electrons. The topological polar surface area (TPSA) is 171 Å². The van der Waals surface area contributed by atoms with Crippen molar-refractivity contribution in [3.63, 3.8) is 0 Å². The minimum Gasteiger partial charge on any atom is -0.449 e. The molecular weight excluding hydrogens is 492 g/mol. The van der Waals surface area contributed by atoms with Crippen LogP contribution in [0.5, 0.6) is 0 Å². The predicted molar refractivity (Wildman–Crippen MR) is 120 cm³/mol. The van der Waals surface area contributed by atoms with Gasteiger partial charge in [-0.25, -0.2) is 13.6 Å². The molecule has 1 aliphatic carbocycles. The van der Waals surface area contributed by atoms with Crippen LogP contribution in [0, 0.1) is 17.8 Å². The Hall–Kier alpha value is -2.06. The normalized spacial score (nSPS) is 23.3. The monoisotopic (exact) mass is 527 g/mol. The molecule has 0 radical (unpaired) electrons. The largest absolute Gasteiger partial charge is 0.449 e. The van der Waals surface area contributed by atoms with Gasteiger partial charge in [0.15, 0.2) is 0 Å². The van der Waals surface area contributed by atoms with Gasteiger partial charge in [-0.15, -0.1) is 0 Å². The lowest BCUT2D eigenvalue weighted by molar-refractivity contribution is -0.126. The van der Waals surface area contributed by atoms with Crippen molar-refractivity contribution in [1.82, 2.24) is 16.0 Å². The zero-order valence-corrected chi connectivity index (χ0v) is 20.7. The zero-order valence-electron chi connectivity index (χ0n) is 19.8. The van der Waals surface area contributed by atoms with E-state index in [1.807, 2.05) is 0 Å². The van der Waals surface area contributed by atoms with E-state index in [9.17, 15) is 41.2 Å². The summed E-state index contributed by atoms with van der Waals surface area (Å²) in [7, 11) is -4.96. The molecule has 0 bridgehead atoms. The number of halogens is 2. The number of ether oxygens (including phenoxy) is 1. The minimum absolute atomic E-state index is 0.0845. The Morgan fingerprint density at radius 1 is 1.20 bits per heavy atom. The van der Waals surface area contributed by atoms with E-state index in [0.29, 0.717) is 13.0 Å². The smallest absolute Gasteiger partial charge is 0.407 e. The minimum atomic E-state index is -4.96. The lowest BCUT2D eigenvalue weighted by Gasteiger charge is -2.29. The van der Waals surface area contributed by atoms with Gasteiger partial charge in [-0.1, -0.05) is 13.8 Å². The maximum absolute atomic E-state index is 13.3. The SMILES string of the molecule is CC(C)C[C@H](NC(=O)OCC1CCC(F)(F)CC1)C(=O)N[C@@H](C[C@@H]1CCNC1=O)[C@H](O)S(=O)(=O)O. The highest BCUT2D eigenvalue weighted by Gasteiger charge is 2.38. The van der Waals surface area contributed by atoms with Crippen molar-refractivity contribution in [2.24, 2.45) is 17.8 Å². The van der Waals surface area contributed by atoms with E-state index >= 15 is 0 Å². The van der Waals surface area contributed by atoms with Gasteiger partial charge in [-0.2, -0.15) is 8.42 Å². The number of rotatable bonds is 11. The number of carbonyl (C=O) groups is 3. The Kier molecular flexibility index (Phi) is 10.2. The van der Waals surface area contributed by atoms with Crippen LogP contribution in [0.4, 0.5) is 13.6 Å². The Labute approximate surface area is 203 Å². The second-order valence-corrected chi connectivity index (χ2v) is 11.3. The first-order valence-corrected chi connectivity index (χ1v) is 13.2. The molecule has 2 aliphatic rings. The van der Waals surface area contributed by atoms with Crippen LogP contribution >= 0.6 is 0 Å². The summed E-state index contributed by atoms with van der Waals surface area (Å²) in [5.74, 6) is -4.89. The third kappa shape index (κ3) is 9.49. The number of aliphatic hydroxyl groups excluding tert-OH is 1. The molecule has 0 unspecified atom stereocenters. The molecule has 5 N–H and O–H groups in total. The third-order valence-electron chi connectivity index (χ3n) is 6.28. The summed E-state index contributed by atoms with van der Waals surface area (Å²) < 4.78 is 64.1. The number of hydrogen-bond acceptors (Lipinski definition) is 7. The lowest BCUT2D eigenvalue weighted by atomic mass is 9.87. The first kappa shape index (κ1) is 29.2. The van der Waals surface area contributed by atoms with Gasteiger partial charge in [0.25, 0.3) is 10.1 Å². The van der Waals surface area contributed by atoms with Gasteiger partial charge in [0.05, 0.1) is 12.6 Å². The molecule has 2 rings (SSSR count). The van der Waals surface area contributed by atoms with Crippen molar-refractivity contribution in [1.29, 1.82) is 0 Å². The van der Waals surface area contributed by atoms with Gasteiger partial charge < -0.3 is 25.8 Å². The third-order valence-corrected chi connectivity index (χ3v) is 7.22. The zero-order chi connectivity index (χ0) is 26.4. The molecule has 3 amide bonds. The Bertz CT molecular complexity index is 861. The summed E-state index contributed by atoms with van der Waals surface area (Å²) in [5.41, 5.74) is -2.38. The molecule has 0 aromatic heterocycles. The number of carbonyl (C=O) groups excluding carboxylic acids is 3. The van der Waals surface area contributed by atoms with Crippen molar-refractivity contribution in [2.75, 3.05) is 13.2 Å². The van der Waals surface area contributed by atoms with E-state index in [4.69, 9.17) is 4.74 Å². The van der Waals surface area contributed by atoms with Gasteiger partial charge in [0.1, 0.15) is 6.04 Å². The van der Waals surface area contributed by atoms with Gasteiger partial charge in [-0.3, -0.25) is 14.1 Å². The molecule has 35 heavy (non-hydrogen) atoms. The standard InChI is InChI=1S/C21H35F2N3O8S/c1-12(2)9-15(26-20(30)34-11-13-3-6-21(22,23)7-4-13)18(28)25-16(19(29)35(31,32)33)10-14-5-8-24-17(14)27/h12-16,19,29H,3-11H2,1-2H3,(H,24,27)(H,25,28)(H,26,30)(H,31,32,33)/t14-,15-,16-,19+/m0/s1. The van der Waals surface area contributed by atoms with Gasteiger partial charge in [0.2, 0.25) is 23.2 Å². The fourth-order valence-electron chi connectivity index (χ4n) is 4.26. The fraction of sp³-hybridized carbons (Fsp3) is 0.857. The highest BCUT2D eigenvalue weighted by atomic mass is 32.2. The number of amides is 3. The average Bonchev–Trinajstić information content (AvgIpc) is 3.14. The number of alkyl halides is 2. The highest BCUT2D eigenvalue weighted by molar-refractivity contribution is 7.86. The summed E-state index contributed by atoms with van der Waals surface area (Å²) in [4.78, 5) is 37.1. The summed E-state index contributed by atoms with van der Waals surface area (Å²) >= 11 is 0. The summed E-state index contributed by atoms with van der Waals surface area (Å²) in [6.45, 7) is 3.83. The summed E-state index contributed by atoms with van der Waals surface area (Å²) in [6.07, 6.45) is -0.838. The molecule has 1 heterocycles. The molecule has 1 saturated carbocycles. The van der Waals surface area contributed by atoms with E-state index in [1.165, 1.54) is 0 Å². The van der Waals surface area contributed by atoms with Crippen LogP contribution in [-0.4, -0.2) is 72.6 Å². The lowest BCUT2D eigenvalue weighted by Crippen LogP contribution is -2.55. The fourth-order valence-corrected chi connectivity index (χ4v) is 4.86. The number of hydrogen-bond donors (Lipinski definition) is 5. The Morgan fingerprint density at radius 3 is 2.34 bits per heavy atom. The predicted octanol–water partition coefficient (Wildman–Crippen LogP) is 1.17. The second-order valence-electron chi connectivity index (χ2n) is 9.76. The van der Waals surface area contributed by atoms with Crippen LogP contribution in [0.2, 0.25) is 0 Å². The van der Waals surface area contributed by atoms with Crippen LogP contribution in [0.25, 0.3) is 0 Å². The van der Waals surface area contributed by atoms with Crippen LogP contribution in [0.3, 0.4) is 0 Å². The quantitative estimate of drug-likeness (QED) is 0.249. The molecule has 2 fully saturated rings. The second kappa shape index (κ2) is 12.3. The van der Waals surface area contributed by atoms with Crippen molar-refractivity contribution in [3.05, 3.63) is 0 Å². The van der Waals surface area contributed by atoms with Crippen molar-refractivity contribution >= 4 is 28.0 Å². The van der Waals surface area contributed by atoms with Crippen LogP contribution in [0.15, 0.2) is 0 Å². The van der Waals surface area contributed by atoms with E-state index in [2.05, 4.69) is 16.0 Å². The number of nitrogens with one attached hydrogen (secondary N) is 3. The molecule has 0 aromatic rings. The van der Waals surface area contributed by atoms with Crippen LogP contribution in [0.1, 0.15) is 58.8 Å². The molecule has 11 nitrogen and oxygen atoms in total. The van der Waals surface area contributed by atoms with Gasteiger partial charge in [-0.05, 0) is 43.9 Å². The maximum Gasteiger partial charge on any atom is 0.407 e. The molecule has 0 aromatic carbocycles. The first-order chi connectivity index (χ1) is 16.2. The maximum atomic E-state index is 13.3. The molecule has 0 spiro atoms. The van der Waals surface area contributed by atoms with Crippen molar-refractivity contribution < 1.29 is 46.0 Å². The summed E-state index contributed by atoms with van der Waals surface area (Å²) in [5, 5.41) is 17.4. The van der Waals surface area contributed by atoms with Crippen LogP contribution < -0.4 is 16.0 Å². The molecular formula is C21H35F2N3O8S. The van der Waals surface area contributed by atoms with Gasteiger partial charge in [0, 0.05) is 25.3 Å².